The third-order valence-corrected chi connectivity index (χ3v) is 4.71. The molecule has 0 aliphatic carbocycles. The maximum absolute atomic E-state index is 13.6. The van der Waals surface area contributed by atoms with Crippen LogP contribution in [-0.2, 0) is 0 Å². The fourth-order valence-corrected chi connectivity index (χ4v) is 3.40. The standard InChI is InChI=1S/C16H24BrFN2.2ClH/c1-2-3-4-5-16(20-10-8-19-9-11-20)14-12-13(18)6-7-15(14)17;;/h6-7,12,16,19H,2-5,8-11H2,1H3;2*1H/t16-;;/m0../s1. The average molecular weight is 416 g/mol. The summed E-state index contributed by atoms with van der Waals surface area (Å²) in [4.78, 5) is 2.49. The molecule has 2 nitrogen and oxygen atoms in total. The van der Waals surface area contributed by atoms with Crippen molar-refractivity contribution >= 4 is 40.7 Å². The lowest BCUT2D eigenvalue weighted by atomic mass is 9.98. The second-order valence-corrected chi connectivity index (χ2v) is 6.32. The summed E-state index contributed by atoms with van der Waals surface area (Å²) in [6, 6.07) is 5.38. The lowest BCUT2D eigenvalue weighted by Gasteiger charge is -2.36. The number of hydrogen-bond acceptors (Lipinski definition) is 2. The molecule has 1 aromatic carbocycles. The van der Waals surface area contributed by atoms with Gasteiger partial charge in [0.25, 0.3) is 0 Å². The van der Waals surface area contributed by atoms with Crippen LogP contribution in [0.4, 0.5) is 4.39 Å². The van der Waals surface area contributed by atoms with E-state index in [9.17, 15) is 4.39 Å². The van der Waals surface area contributed by atoms with Crippen LogP contribution in [0.3, 0.4) is 0 Å². The molecule has 2 rings (SSSR count). The van der Waals surface area contributed by atoms with E-state index in [-0.39, 0.29) is 30.6 Å². The second kappa shape index (κ2) is 11.6. The minimum atomic E-state index is -0.140. The maximum atomic E-state index is 13.6. The van der Waals surface area contributed by atoms with E-state index in [0.29, 0.717) is 6.04 Å². The first-order valence-corrected chi connectivity index (χ1v) is 8.41. The summed E-state index contributed by atoms with van der Waals surface area (Å²) in [5.74, 6) is -0.140. The van der Waals surface area contributed by atoms with Crippen LogP contribution in [-0.4, -0.2) is 31.1 Å². The summed E-state index contributed by atoms with van der Waals surface area (Å²) in [6.07, 6.45) is 4.78. The number of hydrogen-bond donors (Lipinski definition) is 1. The van der Waals surface area contributed by atoms with Gasteiger partial charge in [0.1, 0.15) is 5.82 Å². The Balaban J connectivity index is 0.00000220. The number of piperazine rings is 1. The highest BCUT2D eigenvalue weighted by Gasteiger charge is 2.23. The van der Waals surface area contributed by atoms with E-state index in [1.165, 1.54) is 25.3 Å². The Hall–Kier alpha value is 0.130. The number of nitrogens with zero attached hydrogens (tertiary/aromatic N) is 1. The van der Waals surface area contributed by atoms with Crippen LogP contribution in [0.15, 0.2) is 22.7 Å². The van der Waals surface area contributed by atoms with Crippen molar-refractivity contribution in [3.05, 3.63) is 34.1 Å². The summed E-state index contributed by atoms with van der Waals surface area (Å²) in [6.45, 7) is 6.35. The molecular formula is C16H26BrCl2FN2. The van der Waals surface area contributed by atoms with E-state index in [1.807, 2.05) is 6.07 Å². The van der Waals surface area contributed by atoms with Crippen molar-refractivity contribution in [3.63, 3.8) is 0 Å². The van der Waals surface area contributed by atoms with E-state index in [2.05, 4.69) is 33.1 Å². The van der Waals surface area contributed by atoms with Crippen LogP contribution in [0.25, 0.3) is 0 Å². The first kappa shape index (κ1) is 22.1. The molecule has 0 spiro atoms. The minimum Gasteiger partial charge on any atom is -0.314 e. The van der Waals surface area contributed by atoms with Gasteiger partial charge in [0.2, 0.25) is 0 Å². The first-order chi connectivity index (χ1) is 9.72. The van der Waals surface area contributed by atoms with Crippen molar-refractivity contribution in [2.24, 2.45) is 0 Å². The van der Waals surface area contributed by atoms with Crippen LogP contribution >= 0.6 is 40.7 Å². The Bertz CT molecular complexity index is 429. The Labute approximate surface area is 154 Å². The third-order valence-electron chi connectivity index (χ3n) is 3.99. The molecule has 1 aromatic rings. The van der Waals surface area contributed by atoms with Gasteiger partial charge >= 0.3 is 0 Å². The normalized spacial score (nSPS) is 16.5. The van der Waals surface area contributed by atoms with Crippen molar-refractivity contribution in [3.8, 4) is 0 Å². The predicted molar refractivity (Wildman–Crippen MR) is 99.9 cm³/mol. The fourth-order valence-electron chi connectivity index (χ4n) is 2.89. The van der Waals surface area contributed by atoms with Crippen molar-refractivity contribution in [2.75, 3.05) is 26.2 Å². The van der Waals surface area contributed by atoms with Gasteiger partial charge in [0.15, 0.2) is 0 Å². The lowest BCUT2D eigenvalue weighted by molar-refractivity contribution is 0.162. The van der Waals surface area contributed by atoms with Gasteiger partial charge in [-0.1, -0.05) is 42.1 Å². The summed E-state index contributed by atoms with van der Waals surface area (Å²) in [5, 5.41) is 3.39. The molecule has 22 heavy (non-hydrogen) atoms. The fraction of sp³-hybridized carbons (Fsp3) is 0.625. The van der Waals surface area contributed by atoms with Gasteiger partial charge in [-0.25, -0.2) is 4.39 Å². The van der Waals surface area contributed by atoms with Gasteiger partial charge in [-0.05, 0) is 30.2 Å². The number of rotatable bonds is 6. The van der Waals surface area contributed by atoms with E-state index >= 15 is 0 Å². The molecule has 1 N–H and O–H groups in total. The van der Waals surface area contributed by atoms with Gasteiger partial charge in [0, 0.05) is 36.7 Å². The Morgan fingerprint density at radius 2 is 1.91 bits per heavy atom. The molecule has 128 valence electrons. The van der Waals surface area contributed by atoms with Gasteiger partial charge in [-0.3, -0.25) is 4.90 Å². The highest BCUT2D eigenvalue weighted by Crippen LogP contribution is 2.32. The monoisotopic (exact) mass is 414 g/mol. The van der Waals surface area contributed by atoms with E-state index in [1.54, 1.807) is 6.07 Å². The first-order valence-electron chi connectivity index (χ1n) is 7.62. The third kappa shape index (κ3) is 6.32. The summed E-state index contributed by atoms with van der Waals surface area (Å²) in [7, 11) is 0. The minimum absolute atomic E-state index is 0. The zero-order chi connectivity index (χ0) is 14.4. The van der Waals surface area contributed by atoms with Crippen molar-refractivity contribution in [2.45, 2.75) is 38.6 Å². The number of halogens is 4. The predicted octanol–water partition coefficient (Wildman–Crippen LogP) is 4.96. The molecule has 0 bridgehead atoms. The van der Waals surface area contributed by atoms with Crippen LogP contribution in [0.5, 0.6) is 0 Å². The van der Waals surface area contributed by atoms with Crippen molar-refractivity contribution in [1.29, 1.82) is 0 Å². The van der Waals surface area contributed by atoms with Gasteiger partial charge in [-0.15, -0.1) is 24.8 Å². The van der Waals surface area contributed by atoms with E-state index in [4.69, 9.17) is 0 Å². The number of benzene rings is 1. The zero-order valence-corrected chi connectivity index (χ0v) is 16.2. The number of unbranched alkanes of at least 4 members (excludes halogenated alkanes) is 2. The van der Waals surface area contributed by atoms with Gasteiger partial charge < -0.3 is 5.32 Å². The van der Waals surface area contributed by atoms with Crippen molar-refractivity contribution in [1.82, 2.24) is 10.2 Å². The highest BCUT2D eigenvalue weighted by atomic mass is 79.9. The molecule has 1 aliphatic rings. The SMILES string of the molecule is CCCCC[C@@H](c1cc(F)ccc1Br)N1CCNCC1.Cl.Cl. The second-order valence-electron chi connectivity index (χ2n) is 5.46. The summed E-state index contributed by atoms with van der Waals surface area (Å²) in [5.41, 5.74) is 1.10. The maximum Gasteiger partial charge on any atom is 0.123 e. The molecule has 0 unspecified atom stereocenters. The Kier molecular flexibility index (Phi) is 11.7. The Morgan fingerprint density at radius 1 is 1.23 bits per heavy atom. The topological polar surface area (TPSA) is 15.3 Å². The molecule has 1 atom stereocenters. The quantitative estimate of drug-likeness (QED) is 0.660. The van der Waals surface area contributed by atoms with Crippen LogP contribution in [0.1, 0.15) is 44.2 Å². The summed E-state index contributed by atoms with van der Waals surface area (Å²) >= 11 is 3.60. The average Bonchev–Trinajstić information content (AvgIpc) is 2.48. The molecule has 1 aliphatic heterocycles. The van der Waals surface area contributed by atoms with Gasteiger partial charge in [0.05, 0.1) is 0 Å². The molecule has 0 amide bonds. The smallest absolute Gasteiger partial charge is 0.123 e. The van der Waals surface area contributed by atoms with Crippen LogP contribution < -0.4 is 5.32 Å². The lowest BCUT2D eigenvalue weighted by Crippen LogP contribution is -2.45. The zero-order valence-electron chi connectivity index (χ0n) is 13.0. The molecule has 0 radical (unpaired) electrons. The molecule has 0 saturated carbocycles. The van der Waals surface area contributed by atoms with Crippen molar-refractivity contribution < 1.29 is 4.39 Å². The molecule has 6 heteroatoms. The molecule has 1 fully saturated rings. The number of nitrogens with one attached hydrogen (secondary N) is 1. The molecular weight excluding hydrogens is 390 g/mol. The molecule has 1 heterocycles. The Morgan fingerprint density at radius 3 is 2.55 bits per heavy atom. The van der Waals surface area contributed by atoms with E-state index in [0.717, 1.165) is 42.6 Å². The molecule has 0 aromatic heterocycles. The van der Waals surface area contributed by atoms with Gasteiger partial charge in [-0.2, -0.15) is 0 Å². The van der Waals surface area contributed by atoms with E-state index < -0.39 is 0 Å². The highest BCUT2D eigenvalue weighted by molar-refractivity contribution is 9.10. The van der Waals surface area contributed by atoms with Crippen LogP contribution in [0.2, 0.25) is 0 Å². The largest absolute Gasteiger partial charge is 0.314 e. The molecule has 1 saturated heterocycles. The summed E-state index contributed by atoms with van der Waals surface area (Å²) < 4.78 is 14.6. The van der Waals surface area contributed by atoms with Crippen LogP contribution in [0, 0.1) is 5.82 Å².